The zero-order valence-electron chi connectivity index (χ0n) is 19.3. The first-order valence-corrected chi connectivity index (χ1v) is 13.4. The zero-order chi connectivity index (χ0) is 24.6. The second-order valence-electron chi connectivity index (χ2n) is 9.13. The molecular formula is C26H28N2O6S. The minimum atomic E-state index is -3.60. The molecule has 3 aliphatic rings. The maximum atomic E-state index is 13.1. The number of hydrogen-bond acceptors (Lipinski definition) is 6. The third kappa shape index (κ3) is 4.39. The Kier molecular flexibility index (Phi) is 6.48. The number of ketones is 1. The lowest BCUT2D eigenvalue weighted by atomic mass is 9.95. The number of likely N-dealkylation sites (tertiary alicyclic amines) is 1. The molecule has 3 saturated heterocycles. The van der Waals surface area contributed by atoms with E-state index in [0.29, 0.717) is 25.3 Å². The zero-order valence-corrected chi connectivity index (χ0v) is 20.1. The van der Waals surface area contributed by atoms with Crippen molar-refractivity contribution in [2.24, 2.45) is 0 Å². The van der Waals surface area contributed by atoms with E-state index in [9.17, 15) is 23.1 Å². The van der Waals surface area contributed by atoms with Crippen molar-refractivity contribution in [2.45, 2.75) is 42.7 Å². The molecule has 0 spiro atoms. The van der Waals surface area contributed by atoms with Crippen molar-refractivity contribution >= 4 is 27.5 Å². The van der Waals surface area contributed by atoms with Gasteiger partial charge in [0.25, 0.3) is 11.7 Å². The average molecular weight is 497 g/mol. The van der Waals surface area contributed by atoms with E-state index >= 15 is 0 Å². The molecule has 9 heteroatoms. The summed E-state index contributed by atoms with van der Waals surface area (Å²) in [6.45, 7) is 1.87. The maximum Gasteiger partial charge on any atom is 0.295 e. The number of aliphatic hydroxyl groups is 1. The van der Waals surface area contributed by atoms with Gasteiger partial charge in [0.05, 0.1) is 22.6 Å². The van der Waals surface area contributed by atoms with Gasteiger partial charge in [-0.05, 0) is 55.5 Å². The van der Waals surface area contributed by atoms with Crippen LogP contribution in [0.4, 0.5) is 0 Å². The quantitative estimate of drug-likeness (QED) is 0.375. The third-order valence-electron chi connectivity index (χ3n) is 6.91. The van der Waals surface area contributed by atoms with E-state index in [1.54, 1.807) is 0 Å². The molecular weight excluding hydrogens is 468 g/mol. The van der Waals surface area contributed by atoms with Crippen molar-refractivity contribution in [1.82, 2.24) is 9.21 Å². The van der Waals surface area contributed by atoms with Crippen molar-refractivity contribution in [1.29, 1.82) is 0 Å². The van der Waals surface area contributed by atoms with Crippen LogP contribution in [0.2, 0.25) is 0 Å². The van der Waals surface area contributed by atoms with Gasteiger partial charge in [-0.3, -0.25) is 9.59 Å². The Morgan fingerprint density at radius 1 is 0.971 bits per heavy atom. The lowest BCUT2D eigenvalue weighted by Crippen LogP contribution is -2.36. The molecule has 0 aliphatic carbocycles. The highest BCUT2D eigenvalue weighted by atomic mass is 32.2. The minimum absolute atomic E-state index is 0.00523. The van der Waals surface area contributed by atoms with Crippen LogP contribution in [0.15, 0.2) is 65.1 Å². The molecule has 2 aromatic rings. The molecule has 8 nitrogen and oxygen atoms in total. The molecule has 0 saturated carbocycles. The van der Waals surface area contributed by atoms with Gasteiger partial charge in [0.2, 0.25) is 10.0 Å². The van der Waals surface area contributed by atoms with E-state index in [2.05, 4.69) is 0 Å². The van der Waals surface area contributed by atoms with E-state index in [1.807, 2.05) is 30.3 Å². The highest BCUT2D eigenvalue weighted by Gasteiger charge is 2.47. The Morgan fingerprint density at radius 2 is 1.66 bits per heavy atom. The Bertz CT molecular complexity index is 1240. The molecule has 1 N–H and O–H groups in total. The number of rotatable bonds is 6. The van der Waals surface area contributed by atoms with Crippen LogP contribution in [-0.4, -0.2) is 66.8 Å². The normalized spacial score (nSPS) is 25.0. The van der Waals surface area contributed by atoms with E-state index in [0.717, 1.165) is 25.7 Å². The second-order valence-corrected chi connectivity index (χ2v) is 11.1. The lowest BCUT2D eigenvalue weighted by Gasteiger charge is -2.27. The van der Waals surface area contributed by atoms with Crippen LogP contribution >= 0.6 is 0 Å². The molecule has 0 radical (unpaired) electrons. The largest absolute Gasteiger partial charge is 0.507 e. The molecule has 5 rings (SSSR count). The lowest BCUT2D eigenvalue weighted by molar-refractivity contribution is -0.140. The van der Waals surface area contributed by atoms with Crippen LogP contribution in [0, 0.1) is 0 Å². The topological polar surface area (TPSA) is 104 Å². The Balaban J connectivity index is 1.52. The molecule has 184 valence electrons. The standard InChI is InChI=1S/C26H28N2O6S/c29-24(19-10-12-21(13-11-19)35(32,33)27-14-4-5-15-27)22-23(18-7-2-1-3-8-18)28(26(31)25(22)30)17-20-9-6-16-34-20/h1-3,7-8,10-13,20,23,29H,4-6,9,14-17H2/t20-,23+/m1/s1. The van der Waals surface area contributed by atoms with Gasteiger partial charge in [0.15, 0.2) is 0 Å². The summed E-state index contributed by atoms with van der Waals surface area (Å²) in [6.07, 6.45) is 3.22. The maximum absolute atomic E-state index is 13.1. The first-order chi connectivity index (χ1) is 16.9. The van der Waals surface area contributed by atoms with E-state index in [1.165, 1.54) is 33.5 Å². The summed E-state index contributed by atoms with van der Waals surface area (Å²) in [7, 11) is -3.60. The number of nitrogens with zero attached hydrogens (tertiary/aromatic N) is 2. The van der Waals surface area contributed by atoms with Gasteiger partial charge in [-0.1, -0.05) is 30.3 Å². The summed E-state index contributed by atoms with van der Waals surface area (Å²) in [6, 6.07) is 14.2. The molecule has 0 unspecified atom stereocenters. The van der Waals surface area contributed by atoms with Crippen LogP contribution in [0.3, 0.4) is 0 Å². The van der Waals surface area contributed by atoms with Crippen molar-refractivity contribution in [3.63, 3.8) is 0 Å². The number of benzene rings is 2. The van der Waals surface area contributed by atoms with Crippen LogP contribution in [0.25, 0.3) is 5.76 Å². The molecule has 1 amide bonds. The Morgan fingerprint density at radius 3 is 2.29 bits per heavy atom. The molecule has 2 atom stereocenters. The van der Waals surface area contributed by atoms with E-state index in [4.69, 9.17) is 4.74 Å². The van der Waals surface area contributed by atoms with Gasteiger partial charge in [-0.25, -0.2) is 8.42 Å². The summed E-state index contributed by atoms with van der Waals surface area (Å²) < 4.78 is 32.8. The first kappa shape index (κ1) is 23.7. The molecule has 3 aliphatic heterocycles. The predicted molar refractivity (Wildman–Crippen MR) is 129 cm³/mol. The molecule has 2 aromatic carbocycles. The summed E-state index contributed by atoms with van der Waals surface area (Å²) in [5.41, 5.74) is 0.982. The number of amides is 1. The fourth-order valence-electron chi connectivity index (χ4n) is 5.08. The average Bonchev–Trinajstić information content (AvgIpc) is 3.64. The van der Waals surface area contributed by atoms with Crippen molar-refractivity contribution in [3.05, 3.63) is 71.3 Å². The summed E-state index contributed by atoms with van der Waals surface area (Å²) in [4.78, 5) is 27.8. The number of carbonyl (C=O) groups excluding carboxylic acids is 2. The summed E-state index contributed by atoms with van der Waals surface area (Å²) >= 11 is 0. The number of ether oxygens (including phenoxy) is 1. The Hall–Kier alpha value is -3.01. The van der Waals surface area contributed by atoms with Gasteiger partial charge >= 0.3 is 0 Å². The highest BCUT2D eigenvalue weighted by molar-refractivity contribution is 7.89. The van der Waals surface area contributed by atoms with E-state index in [-0.39, 0.29) is 34.4 Å². The number of Topliss-reactive ketones (excluding diaryl/α,β-unsaturated/α-hetero) is 1. The number of aliphatic hydroxyl groups excluding tert-OH is 1. The fraction of sp³-hybridized carbons (Fsp3) is 0.385. The van der Waals surface area contributed by atoms with E-state index < -0.39 is 27.8 Å². The first-order valence-electron chi connectivity index (χ1n) is 11.9. The van der Waals surface area contributed by atoms with Gasteiger partial charge in [-0.2, -0.15) is 4.31 Å². The van der Waals surface area contributed by atoms with Crippen LogP contribution in [0.5, 0.6) is 0 Å². The van der Waals surface area contributed by atoms with Crippen LogP contribution in [-0.2, 0) is 24.3 Å². The predicted octanol–water partition coefficient (Wildman–Crippen LogP) is 3.07. The van der Waals surface area contributed by atoms with Crippen molar-refractivity contribution < 1.29 is 27.9 Å². The summed E-state index contributed by atoms with van der Waals surface area (Å²) in [5.74, 6) is -1.76. The third-order valence-corrected chi connectivity index (χ3v) is 8.82. The summed E-state index contributed by atoms with van der Waals surface area (Å²) in [5, 5.41) is 11.2. The molecule has 3 fully saturated rings. The fourth-order valence-corrected chi connectivity index (χ4v) is 6.59. The Labute approximate surface area is 204 Å². The number of carbonyl (C=O) groups is 2. The van der Waals surface area contributed by atoms with Gasteiger partial charge < -0.3 is 14.7 Å². The molecule has 3 heterocycles. The van der Waals surface area contributed by atoms with Crippen molar-refractivity contribution in [2.75, 3.05) is 26.2 Å². The molecule has 0 bridgehead atoms. The van der Waals surface area contributed by atoms with Crippen molar-refractivity contribution in [3.8, 4) is 0 Å². The molecule has 0 aromatic heterocycles. The smallest absolute Gasteiger partial charge is 0.295 e. The number of sulfonamides is 1. The molecule has 35 heavy (non-hydrogen) atoms. The SMILES string of the molecule is O=C1C(=O)N(C[C@H]2CCCO2)[C@@H](c2ccccc2)C1=C(O)c1ccc(S(=O)(=O)N2CCCC2)cc1. The van der Waals surface area contributed by atoms with Gasteiger partial charge in [0, 0.05) is 31.8 Å². The second kappa shape index (κ2) is 9.56. The van der Waals surface area contributed by atoms with Crippen LogP contribution in [0.1, 0.15) is 42.9 Å². The number of hydrogen-bond donors (Lipinski definition) is 1. The monoisotopic (exact) mass is 496 g/mol. The minimum Gasteiger partial charge on any atom is -0.507 e. The van der Waals surface area contributed by atoms with Crippen LogP contribution < -0.4 is 0 Å². The highest BCUT2D eigenvalue weighted by Crippen LogP contribution is 2.40. The van der Waals surface area contributed by atoms with Gasteiger partial charge in [0.1, 0.15) is 5.76 Å². The van der Waals surface area contributed by atoms with Gasteiger partial charge in [-0.15, -0.1) is 0 Å².